The summed E-state index contributed by atoms with van der Waals surface area (Å²) in [6.45, 7) is 4.71. The van der Waals surface area contributed by atoms with Gasteiger partial charge in [-0.25, -0.2) is 4.98 Å². The topological polar surface area (TPSA) is 28.2 Å². The molecule has 106 valence electrons. The van der Waals surface area contributed by atoms with Crippen molar-refractivity contribution in [3.8, 4) is 0 Å². The zero-order chi connectivity index (χ0) is 13.5. The molecule has 2 atom stereocenters. The highest BCUT2D eigenvalue weighted by Crippen LogP contribution is 2.31. The Hall–Kier alpha value is -1.13. The fourth-order valence-corrected chi connectivity index (χ4v) is 4.66. The van der Waals surface area contributed by atoms with E-state index in [9.17, 15) is 0 Å². The van der Waals surface area contributed by atoms with Crippen molar-refractivity contribution >= 4 is 26.7 Å². The normalized spacial score (nSPS) is 26.9. The van der Waals surface area contributed by atoms with E-state index in [2.05, 4.69) is 35.3 Å². The van der Waals surface area contributed by atoms with E-state index in [-0.39, 0.29) is 0 Å². The van der Waals surface area contributed by atoms with Crippen molar-refractivity contribution in [3.05, 3.63) is 23.8 Å². The Labute approximate surface area is 124 Å². The monoisotopic (exact) mass is 287 g/mol. The maximum Gasteiger partial charge on any atom is 0.184 e. The molecule has 2 aromatic rings. The summed E-state index contributed by atoms with van der Waals surface area (Å²) in [5.41, 5.74) is 2.44. The number of hydrogen-bond acceptors (Lipinski definition) is 4. The Bertz CT molecular complexity index is 621. The number of piperidine rings is 1. The number of thiazole rings is 1. The number of benzene rings is 1. The van der Waals surface area contributed by atoms with Gasteiger partial charge in [-0.15, -0.1) is 0 Å². The van der Waals surface area contributed by atoms with Gasteiger partial charge in [-0.3, -0.25) is 0 Å². The Morgan fingerprint density at radius 1 is 1.30 bits per heavy atom. The quantitative estimate of drug-likeness (QED) is 0.914. The molecule has 4 heteroatoms. The first-order valence-electron chi connectivity index (χ1n) is 7.66. The van der Waals surface area contributed by atoms with Crippen molar-refractivity contribution in [1.29, 1.82) is 0 Å². The van der Waals surface area contributed by atoms with Crippen molar-refractivity contribution in [2.45, 2.75) is 44.7 Å². The molecule has 0 amide bonds. The second-order valence-electron chi connectivity index (χ2n) is 6.19. The summed E-state index contributed by atoms with van der Waals surface area (Å²) in [5, 5.41) is 4.78. The fraction of sp³-hybridized carbons (Fsp3) is 0.562. The van der Waals surface area contributed by atoms with Crippen LogP contribution in [0.4, 0.5) is 5.13 Å². The highest BCUT2D eigenvalue weighted by molar-refractivity contribution is 7.22. The van der Waals surface area contributed by atoms with Gasteiger partial charge in [0.05, 0.1) is 10.2 Å². The number of fused-ring (bicyclic) bond motifs is 2. The number of hydrogen-bond donors (Lipinski definition) is 1. The molecule has 0 radical (unpaired) electrons. The predicted octanol–water partition coefficient (Wildman–Crippen LogP) is 3.64. The second-order valence-corrected chi connectivity index (χ2v) is 7.22. The van der Waals surface area contributed by atoms with Crippen LogP contribution in [-0.4, -0.2) is 35.1 Å². The molecule has 1 N–H and O–H groups in total. The molecule has 0 saturated carbocycles. The van der Waals surface area contributed by atoms with Crippen molar-refractivity contribution in [1.82, 2.24) is 9.88 Å². The van der Waals surface area contributed by atoms with E-state index in [4.69, 9.17) is 4.98 Å². The molecule has 1 aromatic heterocycles. The summed E-state index contributed by atoms with van der Waals surface area (Å²) in [4.78, 5) is 7.39. The molecule has 2 aliphatic rings. The van der Waals surface area contributed by atoms with E-state index >= 15 is 0 Å². The van der Waals surface area contributed by atoms with Gasteiger partial charge in [0, 0.05) is 18.6 Å². The van der Waals surface area contributed by atoms with Gasteiger partial charge in [0.25, 0.3) is 0 Å². The van der Waals surface area contributed by atoms with Gasteiger partial charge in [0.15, 0.2) is 5.13 Å². The molecule has 4 rings (SSSR count). The molecule has 2 unspecified atom stereocenters. The van der Waals surface area contributed by atoms with Crippen LogP contribution in [0.5, 0.6) is 0 Å². The fourth-order valence-electron chi connectivity index (χ4n) is 3.62. The molecule has 0 spiro atoms. The van der Waals surface area contributed by atoms with Crippen molar-refractivity contribution in [3.63, 3.8) is 0 Å². The first-order chi connectivity index (χ1) is 9.78. The van der Waals surface area contributed by atoms with Crippen LogP contribution in [-0.2, 0) is 0 Å². The average Bonchev–Trinajstić information content (AvgIpc) is 3.03. The highest BCUT2D eigenvalue weighted by Gasteiger charge is 2.31. The predicted molar refractivity (Wildman–Crippen MR) is 85.6 cm³/mol. The van der Waals surface area contributed by atoms with Gasteiger partial charge >= 0.3 is 0 Å². The number of aryl methyl sites for hydroxylation is 1. The van der Waals surface area contributed by atoms with Crippen LogP contribution in [0.2, 0.25) is 0 Å². The molecule has 0 bridgehead atoms. The van der Waals surface area contributed by atoms with Gasteiger partial charge in [0.1, 0.15) is 0 Å². The van der Waals surface area contributed by atoms with Crippen molar-refractivity contribution < 1.29 is 0 Å². The lowest BCUT2D eigenvalue weighted by molar-refractivity contribution is 0.188. The smallest absolute Gasteiger partial charge is 0.184 e. The molecule has 3 nitrogen and oxygen atoms in total. The summed E-state index contributed by atoms with van der Waals surface area (Å²) in [6.07, 6.45) is 5.31. The van der Waals surface area contributed by atoms with Gasteiger partial charge < -0.3 is 10.2 Å². The SMILES string of the molecule is Cc1ccc2nc(NC3CCN4CCCC4C3)sc2c1. The van der Waals surface area contributed by atoms with Gasteiger partial charge in [0.2, 0.25) is 0 Å². The molecule has 20 heavy (non-hydrogen) atoms. The number of rotatable bonds is 2. The minimum Gasteiger partial charge on any atom is -0.359 e. The van der Waals surface area contributed by atoms with E-state index in [0.29, 0.717) is 6.04 Å². The van der Waals surface area contributed by atoms with Gasteiger partial charge in [-0.2, -0.15) is 0 Å². The first kappa shape index (κ1) is 12.6. The standard InChI is InChI=1S/C16H21N3S/c1-11-4-5-14-15(9-11)20-16(18-14)17-12-6-8-19-7-2-3-13(19)10-12/h4-5,9,12-13H,2-3,6-8,10H2,1H3,(H,17,18). The molecular weight excluding hydrogens is 266 g/mol. The van der Waals surface area contributed by atoms with Crippen LogP contribution in [0.3, 0.4) is 0 Å². The maximum absolute atomic E-state index is 4.73. The van der Waals surface area contributed by atoms with E-state index in [1.54, 1.807) is 11.3 Å². The van der Waals surface area contributed by atoms with E-state index in [0.717, 1.165) is 16.7 Å². The average molecular weight is 287 g/mol. The van der Waals surface area contributed by atoms with Crippen molar-refractivity contribution in [2.24, 2.45) is 0 Å². The molecular formula is C16H21N3S. The molecule has 2 fully saturated rings. The van der Waals surface area contributed by atoms with Crippen LogP contribution >= 0.6 is 11.3 Å². The largest absolute Gasteiger partial charge is 0.359 e. The number of aromatic nitrogens is 1. The Kier molecular flexibility index (Phi) is 3.15. The van der Waals surface area contributed by atoms with Crippen LogP contribution in [0.25, 0.3) is 10.2 Å². The van der Waals surface area contributed by atoms with Gasteiger partial charge in [-0.05, 0) is 56.8 Å². The van der Waals surface area contributed by atoms with E-state index < -0.39 is 0 Å². The first-order valence-corrected chi connectivity index (χ1v) is 8.47. The lowest BCUT2D eigenvalue weighted by atomic mass is 9.98. The third-order valence-electron chi connectivity index (χ3n) is 4.69. The van der Waals surface area contributed by atoms with Crippen LogP contribution in [0.1, 0.15) is 31.2 Å². The minimum atomic E-state index is 0.607. The summed E-state index contributed by atoms with van der Waals surface area (Å²) in [6, 6.07) is 7.93. The Balaban J connectivity index is 1.49. The molecule has 0 aliphatic carbocycles. The minimum absolute atomic E-state index is 0.607. The summed E-state index contributed by atoms with van der Waals surface area (Å²) in [5.74, 6) is 0. The molecule has 2 aliphatic heterocycles. The third kappa shape index (κ3) is 2.31. The number of nitrogens with zero attached hydrogens (tertiary/aromatic N) is 2. The van der Waals surface area contributed by atoms with Crippen molar-refractivity contribution in [2.75, 3.05) is 18.4 Å². The zero-order valence-corrected chi connectivity index (χ0v) is 12.7. The van der Waals surface area contributed by atoms with E-state index in [1.807, 2.05) is 0 Å². The van der Waals surface area contributed by atoms with Crippen LogP contribution in [0.15, 0.2) is 18.2 Å². The Morgan fingerprint density at radius 2 is 2.25 bits per heavy atom. The lowest BCUT2D eigenvalue weighted by Crippen LogP contribution is -2.42. The maximum atomic E-state index is 4.73. The van der Waals surface area contributed by atoms with Crippen LogP contribution in [0, 0.1) is 6.92 Å². The van der Waals surface area contributed by atoms with E-state index in [1.165, 1.54) is 49.0 Å². The zero-order valence-electron chi connectivity index (χ0n) is 11.9. The third-order valence-corrected chi connectivity index (χ3v) is 5.64. The molecule has 1 aromatic carbocycles. The number of nitrogens with one attached hydrogen (secondary N) is 1. The summed E-state index contributed by atoms with van der Waals surface area (Å²) >= 11 is 1.79. The highest BCUT2D eigenvalue weighted by atomic mass is 32.1. The van der Waals surface area contributed by atoms with Gasteiger partial charge in [-0.1, -0.05) is 17.4 Å². The Morgan fingerprint density at radius 3 is 3.20 bits per heavy atom. The summed E-state index contributed by atoms with van der Waals surface area (Å²) < 4.78 is 1.30. The molecule has 3 heterocycles. The lowest BCUT2D eigenvalue weighted by Gasteiger charge is -2.35. The summed E-state index contributed by atoms with van der Waals surface area (Å²) in [7, 11) is 0. The second kappa shape index (κ2) is 5.01. The molecule has 2 saturated heterocycles. The number of anilines is 1. The van der Waals surface area contributed by atoms with Crippen LogP contribution < -0.4 is 5.32 Å².